The first-order valence-electron chi connectivity index (χ1n) is 9.27. The molecule has 27 heavy (non-hydrogen) atoms. The van der Waals surface area contributed by atoms with Crippen molar-refractivity contribution >= 4 is 12.0 Å². The van der Waals surface area contributed by atoms with Crippen LogP contribution in [0.4, 0.5) is 0 Å². The van der Waals surface area contributed by atoms with E-state index >= 15 is 0 Å². The van der Waals surface area contributed by atoms with Crippen LogP contribution in [0.15, 0.2) is 37.7 Å². The zero-order valence-corrected chi connectivity index (χ0v) is 16.0. The Kier molecular flexibility index (Phi) is 5.61. The molecular weight excluding hydrogens is 334 g/mol. The van der Waals surface area contributed by atoms with Gasteiger partial charge in [-0.1, -0.05) is 31.1 Å². The summed E-state index contributed by atoms with van der Waals surface area (Å²) in [7, 11) is 0. The molecule has 2 aromatic rings. The fraction of sp³-hybridized carbons (Fsp3) is 0.304. The maximum Gasteiger partial charge on any atom is 0.246 e. The Labute approximate surface area is 161 Å². The minimum atomic E-state index is -0.0764. The summed E-state index contributed by atoms with van der Waals surface area (Å²) in [5.41, 5.74) is 6.27. The van der Waals surface area contributed by atoms with Gasteiger partial charge >= 0.3 is 0 Å². The Morgan fingerprint density at radius 3 is 2.89 bits per heavy atom. The fourth-order valence-electron chi connectivity index (χ4n) is 3.68. The van der Waals surface area contributed by atoms with E-state index in [-0.39, 0.29) is 11.9 Å². The number of likely N-dealkylation sites (tertiary alicyclic amines) is 1. The molecule has 0 radical (unpaired) electrons. The topological polar surface area (TPSA) is 49.0 Å². The molecule has 0 spiro atoms. The maximum absolute atomic E-state index is 12.1. The summed E-state index contributed by atoms with van der Waals surface area (Å²) in [6, 6.07) is 1.90. The number of aromatic amines is 1. The number of piperidine rings is 1. The third-order valence-electron chi connectivity index (χ3n) is 5.12. The van der Waals surface area contributed by atoms with Crippen molar-refractivity contribution in [3.05, 3.63) is 60.1 Å². The second-order valence-electron chi connectivity index (χ2n) is 6.81. The lowest BCUT2D eigenvalue weighted by Gasteiger charge is -2.31. The SMILES string of the molecule is C=CC(=O)N1CCCCC1C#Cc1cnccc1-c1[nH]c(C)c(C=C)c1C. The molecular formula is C23H25N3O. The van der Waals surface area contributed by atoms with Crippen LogP contribution in [-0.4, -0.2) is 33.4 Å². The van der Waals surface area contributed by atoms with Gasteiger partial charge in [0.2, 0.25) is 5.91 Å². The Bertz CT molecular complexity index is 942. The summed E-state index contributed by atoms with van der Waals surface area (Å²) < 4.78 is 0. The van der Waals surface area contributed by atoms with Crippen molar-refractivity contribution in [1.82, 2.24) is 14.9 Å². The first-order valence-corrected chi connectivity index (χ1v) is 9.27. The molecule has 3 heterocycles. The Morgan fingerprint density at radius 1 is 1.37 bits per heavy atom. The average molecular weight is 359 g/mol. The number of carbonyl (C=O) groups excluding carboxylic acids is 1. The van der Waals surface area contributed by atoms with Crippen molar-refractivity contribution in [2.24, 2.45) is 0 Å². The highest BCUT2D eigenvalue weighted by molar-refractivity contribution is 5.87. The molecule has 3 rings (SSSR count). The van der Waals surface area contributed by atoms with Gasteiger partial charge in [0.15, 0.2) is 0 Å². The van der Waals surface area contributed by atoms with Gasteiger partial charge in [-0.2, -0.15) is 0 Å². The van der Waals surface area contributed by atoms with Crippen molar-refractivity contribution < 1.29 is 4.79 Å². The zero-order chi connectivity index (χ0) is 19.4. The number of H-pyrrole nitrogens is 1. The number of carbonyl (C=O) groups is 1. The monoisotopic (exact) mass is 359 g/mol. The minimum absolute atomic E-state index is 0.0492. The Morgan fingerprint density at radius 2 is 2.19 bits per heavy atom. The summed E-state index contributed by atoms with van der Waals surface area (Å²) in [5.74, 6) is 6.53. The molecule has 0 aromatic carbocycles. The summed E-state index contributed by atoms with van der Waals surface area (Å²) in [5, 5.41) is 0. The summed E-state index contributed by atoms with van der Waals surface area (Å²) in [6.45, 7) is 12.4. The quantitative estimate of drug-likeness (QED) is 0.658. The molecule has 1 aliphatic rings. The van der Waals surface area contributed by atoms with Gasteiger partial charge in [0.05, 0.1) is 17.3 Å². The van der Waals surface area contributed by atoms with Gasteiger partial charge in [-0.25, -0.2) is 0 Å². The van der Waals surface area contributed by atoms with Crippen LogP contribution in [0.5, 0.6) is 0 Å². The third-order valence-corrected chi connectivity index (χ3v) is 5.12. The van der Waals surface area contributed by atoms with Gasteiger partial charge in [0.25, 0.3) is 0 Å². The highest BCUT2D eigenvalue weighted by Gasteiger charge is 2.23. The van der Waals surface area contributed by atoms with Crippen molar-refractivity contribution in [1.29, 1.82) is 0 Å². The summed E-state index contributed by atoms with van der Waals surface area (Å²) >= 11 is 0. The maximum atomic E-state index is 12.1. The molecule has 4 heteroatoms. The molecule has 1 saturated heterocycles. The number of hydrogen-bond donors (Lipinski definition) is 1. The van der Waals surface area contributed by atoms with Crippen molar-refractivity contribution in [2.75, 3.05) is 6.54 Å². The number of nitrogens with one attached hydrogen (secondary N) is 1. The van der Waals surface area contributed by atoms with Crippen LogP contribution in [-0.2, 0) is 4.79 Å². The number of amides is 1. The van der Waals surface area contributed by atoms with E-state index < -0.39 is 0 Å². The smallest absolute Gasteiger partial charge is 0.246 e. The second-order valence-corrected chi connectivity index (χ2v) is 6.81. The lowest BCUT2D eigenvalue weighted by molar-refractivity contribution is -0.128. The predicted octanol–water partition coefficient (Wildman–Crippen LogP) is 4.26. The van der Waals surface area contributed by atoms with Gasteiger partial charge in [-0.3, -0.25) is 9.78 Å². The number of nitrogens with zero attached hydrogens (tertiary/aromatic N) is 2. The van der Waals surface area contributed by atoms with E-state index in [1.165, 1.54) is 6.08 Å². The van der Waals surface area contributed by atoms with Crippen molar-refractivity contribution in [3.63, 3.8) is 0 Å². The van der Waals surface area contributed by atoms with Gasteiger partial charge in [0.1, 0.15) is 0 Å². The van der Waals surface area contributed by atoms with E-state index in [2.05, 4.69) is 41.9 Å². The van der Waals surface area contributed by atoms with Crippen molar-refractivity contribution in [3.8, 4) is 23.1 Å². The first kappa shape index (κ1) is 18.7. The number of hydrogen-bond acceptors (Lipinski definition) is 2. The van der Waals surface area contributed by atoms with Crippen LogP contribution in [0, 0.1) is 25.7 Å². The molecule has 1 amide bonds. The van der Waals surface area contributed by atoms with Crippen LogP contribution >= 0.6 is 0 Å². The average Bonchev–Trinajstić information content (AvgIpc) is 2.99. The Hall–Kier alpha value is -3.06. The zero-order valence-electron chi connectivity index (χ0n) is 16.0. The molecule has 1 N–H and O–H groups in total. The molecule has 2 aromatic heterocycles. The predicted molar refractivity (Wildman–Crippen MR) is 110 cm³/mol. The van der Waals surface area contributed by atoms with Crippen LogP contribution in [0.3, 0.4) is 0 Å². The van der Waals surface area contributed by atoms with E-state index in [4.69, 9.17) is 0 Å². The standard InChI is InChI=1S/C23H25N3O/c1-5-20-16(3)23(25-17(20)4)21-12-13-24-15-18(21)10-11-19-9-7-8-14-26(19)22(27)6-2/h5-6,12-13,15,19,25H,1-2,7-9,14H2,3-4H3. The second kappa shape index (κ2) is 8.09. The van der Waals surface area contributed by atoms with Crippen LogP contribution in [0.2, 0.25) is 0 Å². The molecule has 1 aliphatic heterocycles. The summed E-state index contributed by atoms with van der Waals surface area (Å²) in [4.78, 5) is 21.6. The van der Waals surface area contributed by atoms with Gasteiger partial charge < -0.3 is 9.88 Å². The van der Waals surface area contributed by atoms with E-state index in [1.54, 1.807) is 12.4 Å². The lowest BCUT2D eigenvalue weighted by Crippen LogP contribution is -2.42. The van der Waals surface area contributed by atoms with Crippen LogP contribution in [0.1, 0.15) is 41.6 Å². The number of aryl methyl sites for hydroxylation is 1. The van der Waals surface area contributed by atoms with Crippen LogP contribution < -0.4 is 0 Å². The largest absolute Gasteiger partial charge is 0.358 e. The Balaban J connectivity index is 1.99. The molecule has 0 bridgehead atoms. The molecule has 0 saturated carbocycles. The van der Waals surface area contributed by atoms with E-state index in [1.807, 2.05) is 24.0 Å². The molecule has 0 aliphatic carbocycles. The highest BCUT2D eigenvalue weighted by Crippen LogP contribution is 2.30. The lowest BCUT2D eigenvalue weighted by atomic mass is 10.00. The number of rotatable bonds is 3. The number of pyridine rings is 1. The minimum Gasteiger partial charge on any atom is -0.358 e. The molecule has 1 atom stereocenters. The van der Waals surface area contributed by atoms with E-state index in [0.717, 1.165) is 59.4 Å². The van der Waals surface area contributed by atoms with Gasteiger partial charge in [-0.05, 0) is 56.4 Å². The summed E-state index contributed by atoms with van der Waals surface area (Å²) in [6.07, 6.45) is 9.80. The molecule has 138 valence electrons. The van der Waals surface area contributed by atoms with Crippen molar-refractivity contribution in [2.45, 2.75) is 39.2 Å². The third kappa shape index (κ3) is 3.73. The molecule has 1 fully saturated rings. The highest BCUT2D eigenvalue weighted by atomic mass is 16.2. The number of aromatic nitrogens is 2. The van der Waals surface area contributed by atoms with E-state index in [0.29, 0.717) is 0 Å². The van der Waals surface area contributed by atoms with Gasteiger partial charge in [-0.15, -0.1) is 0 Å². The molecule has 1 unspecified atom stereocenters. The van der Waals surface area contributed by atoms with Crippen LogP contribution in [0.25, 0.3) is 17.3 Å². The normalized spacial score (nSPS) is 16.4. The fourth-order valence-corrected chi connectivity index (χ4v) is 3.68. The van der Waals surface area contributed by atoms with E-state index in [9.17, 15) is 4.79 Å². The molecule has 4 nitrogen and oxygen atoms in total. The first-order chi connectivity index (χ1) is 13.1. The van der Waals surface area contributed by atoms with Gasteiger partial charge in [0, 0.05) is 30.2 Å².